The van der Waals surface area contributed by atoms with E-state index in [1.54, 1.807) is 18.7 Å². The first-order valence-corrected chi connectivity index (χ1v) is 6.69. The average Bonchev–Trinajstić information content (AvgIpc) is 2.98. The van der Waals surface area contributed by atoms with Crippen LogP contribution in [0.5, 0.6) is 0 Å². The molecule has 0 unspecified atom stereocenters. The third kappa shape index (κ3) is 3.13. The summed E-state index contributed by atoms with van der Waals surface area (Å²) in [6.07, 6.45) is -2.45. The molecule has 1 saturated heterocycles. The van der Waals surface area contributed by atoms with Gasteiger partial charge in [-0.25, -0.2) is 0 Å². The van der Waals surface area contributed by atoms with E-state index in [4.69, 9.17) is 0 Å². The van der Waals surface area contributed by atoms with Crippen molar-refractivity contribution in [2.75, 3.05) is 13.1 Å². The topological polar surface area (TPSA) is 38.1 Å². The summed E-state index contributed by atoms with van der Waals surface area (Å²) >= 11 is 0. The molecule has 112 valence electrons. The molecule has 0 radical (unpaired) electrons. The number of aryl methyl sites for hydroxylation is 1. The van der Waals surface area contributed by atoms with Gasteiger partial charge in [-0.3, -0.25) is 9.48 Å². The van der Waals surface area contributed by atoms with E-state index in [0.29, 0.717) is 5.69 Å². The third-order valence-electron chi connectivity index (χ3n) is 3.56. The first kappa shape index (κ1) is 14.9. The average molecular weight is 289 g/mol. The molecule has 1 atom stereocenters. The molecular weight excluding hydrogens is 271 g/mol. The van der Waals surface area contributed by atoms with E-state index in [0.717, 1.165) is 32.0 Å². The molecule has 0 N–H and O–H groups in total. The summed E-state index contributed by atoms with van der Waals surface area (Å²) in [6, 6.07) is 1.01. The van der Waals surface area contributed by atoms with Gasteiger partial charge in [-0.05, 0) is 25.8 Å². The predicted octanol–water partition coefficient (Wildman–Crippen LogP) is 2.47. The van der Waals surface area contributed by atoms with Crippen molar-refractivity contribution in [3.8, 4) is 0 Å². The van der Waals surface area contributed by atoms with Crippen molar-refractivity contribution in [3.05, 3.63) is 17.5 Å². The van der Waals surface area contributed by atoms with Crippen LogP contribution in [0.3, 0.4) is 0 Å². The zero-order chi connectivity index (χ0) is 14.9. The number of carbonyl (C=O) groups excluding carboxylic acids is 1. The van der Waals surface area contributed by atoms with Crippen molar-refractivity contribution >= 4 is 5.91 Å². The molecule has 2 rings (SSSR count). The van der Waals surface area contributed by atoms with Gasteiger partial charge in [-0.15, -0.1) is 0 Å². The molecular formula is C13H18F3N3O. The van der Waals surface area contributed by atoms with E-state index >= 15 is 0 Å². The number of amides is 1. The zero-order valence-electron chi connectivity index (χ0n) is 11.6. The van der Waals surface area contributed by atoms with Crippen LogP contribution in [0, 0.1) is 12.8 Å². The van der Waals surface area contributed by atoms with Gasteiger partial charge in [0.15, 0.2) is 5.69 Å². The number of nitrogens with zero attached hydrogens (tertiary/aromatic N) is 3. The van der Waals surface area contributed by atoms with Crippen molar-refractivity contribution in [3.63, 3.8) is 0 Å². The van der Waals surface area contributed by atoms with E-state index in [1.807, 2.05) is 0 Å². The second-order valence-electron chi connectivity index (χ2n) is 5.28. The second-order valence-corrected chi connectivity index (χ2v) is 5.28. The summed E-state index contributed by atoms with van der Waals surface area (Å²) < 4.78 is 39.0. The fourth-order valence-electron chi connectivity index (χ4n) is 2.42. The quantitative estimate of drug-likeness (QED) is 0.857. The number of aromatic nitrogens is 2. The lowest BCUT2D eigenvalue weighted by molar-refractivity contribution is -0.141. The van der Waals surface area contributed by atoms with Gasteiger partial charge in [0, 0.05) is 18.8 Å². The minimum atomic E-state index is -4.45. The Morgan fingerprint density at radius 1 is 1.40 bits per heavy atom. The maximum atomic E-state index is 12.6. The number of likely N-dealkylation sites (tertiary alicyclic amines) is 1. The summed E-state index contributed by atoms with van der Waals surface area (Å²) in [7, 11) is 0. The highest BCUT2D eigenvalue weighted by atomic mass is 19.4. The van der Waals surface area contributed by atoms with Crippen molar-refractivity contribution in [2.45, 2.75) is 39.4 Å². The van der Waals surface area contributed by atoms with E-state index in [-0.39, 0.29) is 18.4 Å². The molecule has 1 aliphatic heterocycles. The summed E-state index contributed by atoms with van der Waals surface area (Å²) in [5.41, 5.74) is -0.491. The van der Waals surface area contributed by atoms with Crippen LogP contribution >= 0.6 is 0 Å². The van der Waals surface area contributed by atoms with Crippen molar-refractivity contribution in [1.82, 2.24) is 14.7 Å². The van der Waals surface area contributed by atoms with Gasteiger partial charge in [0.2, 0.25) is 5.91 Å². The number of halogens is 3. The Hall–Kier alpha value is -1.53. The monoisotopic (exact) mass is 289 g/mol. The van der Waals surface area contributed by atoms with E-state index in [2.05, 4.69) is 5.10 Å². The lowest BCUT2D eigenvalue weighted by atomic mass is 10.1. The Bertz CT molecular complexity index is 490. The molecule has 0 bridgehead atoms. The molecule has 20 heavy (non-hydrogen) atoms. The minimum Gasteiger partial charge on any atom is -0.342 e. The smallest absolute Gasteiger partial charge is 0.342 e. The Morgan fingerprint density at radius 2 is 2.00 bits per heavy atom. The zero-order valence-corrected chi connectivity index (χ0v) is 11.6. The normalized spacial score (nSPS) is 17.6. The van der Waals surface area contributed by atoms with Gasteiger partial charge in [-0.2, -0.15) is 18.3 Å². The molecule has 0 spiro atoms. The van der Waals surface area contributed by atoms with Crippen LogP contribution in [0.4, 0.5) is 13.2 Å². The molecule has 0 saturated carbocycles. The molecule has 2 heterocycles. The van der Waals surface area contributed by atoms with Crippen LogP contribution in [-0.2, 0) is 17.5 Å². The van der Waals surface area contributed by atoms with Crippen LogP contribution in [0.15, 0.2) is 6.07 Å². The lowest BCUT2D eigenvalue weighted by Crippen LogP contribution is -2.34. The Balaban J connectivity index is 2.05. The Morgan fingerprint density at radius 3 is 2.50 bits per heavy atom. The maximum absolute atomic E-state index is 12.6. The molecule has 1 aromatic heterocycles. The van der Waals surface area contributed by atoms with Gasteiger partial charge < -0.3 is 4.90 Å². The summed E-state index contributed by atoms with van der Waals surface area (Å²) in [5.74, 6) is -0.376. The number of hydrogen-bond donors (Lipinski definition) is 0. The van der Waals surface area contributed by atoms with Gasteiger partial charge in [0.1, 0.15) is 0 Å². The summed E-state index contributed by atoms with van der Waals surface area (Å²) in [5, 5.41) is 3.55. The fraction of sp³-hybridized carbons (Fsp3) is 0.692. The van der Waals surface area contributed by atoms with Gasteiger partial charge in [0.25, 0.3) is 0 Å². The number of hydrogen-bond acceptors (Lipinski definition) is 2. The van der Waals surface area contributed by atoms with Gasteiger partial charge in [-0.1, -0.05) is 6.92 Å². The van der Waals surface area contributed by atoms with Crippen LogP contribution in [0.1, 0.15) is 31.2 Å². The molecule has 7 heteroatoms. The Kier molecular flexibility index (Phi) is 4.06. The first-order valence-electron chi connectivity index (χ1n) is 6.69. The third-order valence-corrected chi connectivity index (χ3v) is 3.56. The molecule has 1 fully saturated rings. The summed E-state index contributed by atoms with van der Waals surface area (Å²) in [6.45, 7) is 4.96. The van der Waals surface area contributed by atoms with Crippen molar-refractivity contribution < 1.29 is 18.0 Å². The fourth-order valence-corrected chi connectivity index (χ4v) is 2.42. The number of carbonyl (C=O) groups is 1. The largest absolute Gasteiger partial charge is 0.435 e. The highest BCUT2D eigenvalue weighted by molar-refractivity contribution is 5.78. The standard InChI is InChI=1S/C13H18F3N3O/c1-9(12(20)18-5-3-4-6-18)8-19-10(2)7-11(17-19)13(14,15)16/h7,9H,3-6,8H2,1-2H3/t9-/m1/s1. The number of rotatable bonds is 3. The molecule has 4 nitrogen and oxygen atoms in total. The Labute approximate surface area is 115 Å². The van der Waals surface area contributed by atoms with Crippen LogP contribution in [0.2, 0.25) is 0 Å². The van der Waals surface area contributed by atoms with E-state index < -0.39 is 11.9 Å². The van der Waals surface area contributed by atoms with E-state index in [9.17, 15) is 18.0 Å². The van der Waals surface area contributed by atoms with Crippen molar-refractivity contribution in [1.29, 1.82) is 0 Å². The SMILES string of the molecule is Cc1cc(C(F)(F)F)nn1C[C@@H](C)C(=O)N1CCCC1. The maximum Gasteiger partial charge on any atom is 0.435 e. The molecule has 1 aliphatic rings. The molecule has 1 aromatic rings. The molecule has 0 aliphatic carbocycles. The second kappa shape index (κ2) is 5.46. The highest BCUT2D eigenvalue weighted by Crippen LogP contribution is 2.28. The van der Waals surface area contributed by atoms with Crippen molar-refractivity contribution in [2.24, 2.45) is 5.92 Å². The van der Waals surface area contributed by atoms with Gasteiger partial charge >= 0.3 is 6.18 Å². The van der Waals surface area contributed by atoms with Crippen LogP contribution in [0.25, 0.3) is 0 Å². The van der Waals surface area contributed by atoms with Crippen LogP contribution in [-0.4, -0.2) is 33.7 Å². The van der Waals surface area contributed by atoms with Crippen LogP contribution < -0.4 is 0 Å². The van der Waals surface area contributed by atoms with E-state index in [1.165, 1.54) is 4.68 Å². The first-order chi connectivity index (χ1) is 9.29. The molecule has 0 aromatic carbocycles. The lowest BCUT2D eigenvalue weighted by Gasteiger charge is -2.20. The predicted molar refractivity (Wildman–Crippen MR) is 66.9 cm³/mol. The number of alkyl halides is 3. The molecule has 1 amide bonds. The van der Waals surface area contributed by atoms with Gasteiger partial charge in [0.05, 0.1) is 12.5 Å². The minimum absolute atomic E-state index is 0.00837. The highest BCUT2D eigenvalue weighted by Gasteiger charge is 2.34. The summed E-state index contributed by atoms with van der Waals surface area (Å²) in [4.78, 5) is 13.9.